The summed E-state index contributed by atoms with van der Waals surface area (Å²) < 4.78 is 0. The van der Waals surface area contributed by atoms with Gasteiger partial charge in [0.2, 0.25) is 0 Å². The van der Waals surface area contributed by atoms with E-state index in [-0.39, 0.29) is 6.03 Å². The van der Waals surface area contributed by atoms with Crippen LogP contribution in [0.25, 0.3) is 11.3 Å². The minimum absolute atomic E-state index is 0.0626. The van der Waals surface area contributed by atoms with Crippen LogP contribution in [0.1, 0.15) is 12.5 Å². The van der Waals surface area contributed by atoms with Crippen molar-refractivity contribution in [2.24, 2.45) is 17.8 Å². The van der Waals surface area contributed by atoms with Gasteiger partial charge in [0.1, 0.15) is 0 Å². The van der Waals surface area contributed by atoms with Gasteiger partial charge < -0.3 is 10.2 Å². The van der Waals surface area contributed by atoms with E-state index in [4.69, 9.17) is 0 Å². The Bertz CT molecular complexity index is 704. The minimum atomic E-state index is 0.0626. The number of fused-ring (bicyclic) bond motifs is 1. The van der Waals surface area contributed by atoms with Gasteiger partial charge in [-0.1, -0.05) is 31.2 Å². The molecule has 2 aliphatic rings. The number of amides is 2. The van der Waals surface area contributed by atoms with E-state index < -0.39 is 0 Å². The summed E-state index contributed by atoms with van der Waals surface area (Å²) in [5, 5.41) is 3.04. The Kier molecular flexibility index (Phi) is 3.52. The average Bonchev–Trinajstić information content (AvgIpc) is 3.01. The smallest absolute Gasteiger partial charge is 0.317 e. The summed E-state index contributed by atoms with van der Waals surface area (Å²) in [5.74, 6) is 2.30. The number of hydrogen-bond acceptors (Lipinski definition) is 2. The summed E-state index contributed by atoms with van der Waals surface area (Å²) in [6, 6.07) is 14.1. The first-order valence-corrected chi connectivity index (χ1v) is 8.25. The zero-order chi connectivity index (χ0) is 15.8. The Balaban J connectivity index is 1.37. The van der Waals surface area contributed by atoms with E-state index in [9.17, 15) is 4.79 Å². The highest BCUT2D eigenvalue weighted by Crippen LogP contribution is 2.51. The lowest BCUT2D eigenvalue weighted by atomic mass is 10.1. The van der Waals surface area contributed by atoms with E-state index >= 15 is 0 Å². The van der Waals surface area contributed by atoms with Crippen LogP contribution in [0.5, 0.6) is 0 Å². The second-order valence-electron chi connectivity index (χ2n) is 6.67. The Hall–Kier alpha value is -2.36. The molecule has 1 aromatic heterocycles. The number of aromatic nitrogens is 1. The van der Waals surface area contributed by atoms with Crippen LogP contribution in [0.3, 0.4) is 0 Å². The lowest BCUT2D eigenvalue weighted by Crippen LogP contribution is -2.39. The summed E-state index contributed by atoms with van der Waals surface area (Å²) >= 11 is 0. The van der Waals surface area contributed by atoms with Crippen LogP contribution in [0.2, 0.25) is 0 Å². The highest BCUT2D eigenvalue weighted by molar-refractivity contribution is 5.75. The Morgan fingerprint density at radius 1 is 1.22 bits per heavy atom. The van der Waals surface area contributed by atoms with Crippen molar-refractivity contribution < 1.29 is 4.79 Å². The molecule has 0 bridgehead atoms. The largest absolute Gasteiger partial charge is 0.334 e. The van der Waals surface area contributed by atoms with Crippen molar-refractivity contribution in [3.63, 3.8) is 0 Å². The van der Waals surface area contributed by atoms with Gasteiger partial charge in [-0.25, -0.2) is 4.79 Å². The van der Waals surface area contributed by atoms with E-state index in [1.165, 1.54) is 0 Å². The number of likely N-dealkylation sites (tertiary alicyclic amines) is 1. The van der Waals surface area contributed by atoms with E-state index in [1.807, 2.05) is 41.3 Å². The molecular formula is C19H21N3O. The van der Waals surface area contributed by atoms with E-state index in [0.29, 0.717) is 6.54 Å². The molecule has 4 nitrogen and oxygen atoms in total. The second kappa shape index (κ2) is 5.69. The molecule has 4 rings (SSSR count). The molecule has 2 fully saturated rings. The Morgan fingerprint density at radius 2 is 2.04 bits per heavy atom. The van der Waals surface area contributed by atoms with E-state index in [0.717, 1.165) is 47.7 Å². The number of urea groups is 1. The summed E-state index contributed by atoms with van der Waals surface area (Å²) in [7, 11) is 0. The van der Waals surface area contributed by atoms with Crippen LogP contribution < -0.4 is 5.32 Å². The Morgan fingerprint density at radius 3 is 2.78 bits per heavy atom. The molecule has 23 heavy (non-hydrogen) atoms. The summed E-state index contributed by atoms with van der Waals surface area (Å²) in [4.78, 5) is 18.6. The first-order chi connectivity index (χ1) is 11.2. The SMILES string of the molecule is CC1[C@H]2CN(C(=O)NCc3cccc(-c4ccccn4)c3)C[C@@H]12. The monoisotopic (exact) mass is 307 g/mol. The summed E-state index contributed by atoms with van der Waals surface area (Å²) in [6.07, 6.45) is 1.80. The molecule has 1 aliphatic carbocycles. The van der Waals surface area contributed by atoms with Gasteiger partial charge >= 0.3 is 6.03 Å². The molecule has 1 unspecified atom stereocenters. The standard InChI is InChI=1S/C19H21N3O/c1-13-16-11-22(12-17(13)16)19(23)21-10-14-5-4-6-15(9-14)18-7-2-3-8-20-18/h2-9,13,16-17H,10-12H2,1H3,(H,21,23)/t13?,16-,17+. The molecule has 118 valence electrons. The van der Waals surface area contributed by atoms with Gasteiger partial charge in [-0.3, -0.25) is 4.98 Å². The summed E-state index contributed by atoms with van der Waals surface area (Å²) in [6.45, 7) is 4.69. The molecule has 1 aliphatic heterocycles. The number of benzene rings is 1. The zero-order valence-corrected chi connectivity index (χ0v) is 13.3. The number of nitrogens with one attached hydrogen (secondary N) is 1. The number of nitrogens with zero attached hydrogens (tertiary/aromatic N) is 2. The molecule has 1 saturated carbocycles. The third-order valence-corrected chi connectivity index (χ3v) is 5.24. The Labute approximate surface area is 136 Å². The number of hydrogen-bond donors (Lipinski definition) is 1. The van der Waals surface area contributed by atoms with Gasteiger partial charge in [-0.05, 0) is 41.5 Å². The molecule has 1 aromatic carbocycles. The first kappa shape index (κ1) is 14.2. The number of carbonyl (C=O) groups is 1. The van der Waals surface area contributed by atoms with Crippen LogP contribution in [0, 0.1) is 17.8 Å². The van der Waals surface area contributed by atoms with Crippen molar-refractivity contribution in [1.82, 2.24) is 15.2 Å². The molecule has 4 heteroatoms. The molecule has 0 radical (unpaired) electrons. The molecule has 2 aromatic rings. The van der Waals surface area contributed by atoms with Crippen molar-refractivity contribution in [3.05, 3.63) is 54.2 Å². The number of carbonyl (C=O) groups excluding carboxylic acids is 1. The lowest BCUT2D eigenvalue weighted by molar-refractivity contribution is 0.201. The predicted octanol–water partition coefficient (Wildman–Crippen LogP) is 3.16. The van der Waals surface area contributed by atoms with Gasteiger partial charge in [0.25, 0.3) is 0 Å². The number of piperidine rings is 1. The highest BCUT2D eigenvalue weighted by Gasteiger charge is 2.53. The third-order valence-electron chi connectivity index (χ3n) is 5.24. The first-order valence-electron chi connectivity index (χ1n) is 8.25. The van der Waals surface area contributed by atoms with Crippen LogP contribution in [-0.4, -0.2) is 29.0 Å². The van der Waals surface area contributed by atoms with Crippen molar-refractivity contribution >= 4 is 6.03 Å². The van der Waals surface area contributed by atoms with Crippen LogP contribution >= 0.6 is 0 Å². The van der Waals surface area contributed by atoms with E-state index in [1.54, 1.807) is 6.20 Å². The number of rotatable bonds is 3. The topological polar surface area (TPSA) is 45.2 Å². The molecule has 0 spiro atoms. The number of pyridine rings is 1. The van der Waals surface area contributed by atoms with Crippen LogP contribution in [0.15, 0.2) is 48.7 Å². The summed E-state index contributed by atoms with van der Waals surface area (Å²) in [5.41, 5.74) is 3.13. The predicted molar refractivity (Wildman–Crippen MR) is 89.6 cm³/mol. The van der Waals surface area contributed by atoms with Gasteiger partial charge in [0, 0.05) is 31.4 Å². The fraction of sp³-hybridized carbons (Fsp3) is 0.368. The van der Waals surface area contributed by atoms with Crippen molar-refractivity contribution in [2.75, 3.05) is 13.1 Å². The van der Waals surface area contributed by atoms with Gasteiger partial charge in [-0.2, -0.15) is 0 Å². The van der Waals surface area contributed by atoms with Crippen molar-refractivity contribution in [3.8, 4) is 11.3 Å². The molecule has 1 N–H and O–H groups in total. The zero-order valence-electron chi connectivity index (χ0n) is 13.3. The van der Waals surface area contributed by atoms with E-state index in [2.05, 4.69) is 23.3 Å². The van der Waals surface area contributed by atoms with Gasteiger partial charge in [0.15, 0.2) is 0 Å². The van der Waals surface area contributed by atoms with Crippen molar-refractivity contribution in [1.29, 1.82) is 0 Å². The molecule has 1 saturated heterocycles. The maximum absolute atomic E-state index is 12.2. The highest BCUT2D eigenvalue weighted by atomic mass is 16.2. The molecule has 2 amide bonds. The molecule has 3 atom stereocenters. The molecular weight excluding hydrogens is 286 g/mol. The third kappa shape index (κ3) is 2.81. The maximum Gasteiger partial charge on any atom is 0.317 e. The minimum Gasteiger partial charge on any atom is -0.334 e. The normalized spacial score (nSPS) is 25.1. The maximum atomic E-state index is 12.2. The van der Waals surface area contributed by atoms with Gasteiger partial charge in [-0.15, -0.1) is 0 Å². The average molecular weight is 307 g/mol. The second-order valence-corrected chi connectivity index (χ2v) is 6.67. The fourth-order valence-corrected chi connectivity index (χ4v) is 3.65. The molecule has 2 heterocycles. The van der Waals surface area contributed by atoms with Crippen LogP contribution in [-0.2, 0) is 6.54 Å². The lowest BCUT2D eigenvalue weighted by Gasteiger charge is -2.19. The van der Waals surface area contributed by atoms with Crippen molar-refractivity contribution in [2.45, 2.75) is 13.5 Å². The van der Waals surface area contributed by atoms with Gasteiger partial charge in [0.05, 0.1) is 5.69 Å². The van der Waals surface area contributed by atoms with Crippen LogP contribution in [0.4, 0.5) is 4.79 Å². The quantitative estimate of drug-likeness (QED) is 0.946. The fourth-order valence-electron chi connectivity index (χ4n) is 3.65.